The molecule has 0 aliphatic carbocycles. The SMILES string of the molecule is Clc1cc(Cl)c2oc(-c3ccc(/C=C/c4ccc(-c5ccccc5)cc4)cc3)cc2c1. The Labute approximate surface area is 191 Å². The van der Waals surface area contributed by atoms with E-state index in [1.807, 2.05) is 30.3 Å². The monoisotopic (exact) mass is 440 g/mol. The van der Waals surface area contributed by atoms with Crippen molar-refractivity contribution in [3.8, 4) is 22.5 Å². The lowest BCUT2D eigenvalue weighted by Gasteiger charge is -2.02. The third-order valence-corrected chi connectivity index (χ3v) is 5.72. The molecular weight excluding hydrogens is 423 g/mol. The number of hydrogen-bond donors (Lipinski definition) is 0. The van der Waals surface area contributed by atoms with E-state index < -0.39 is 0 Å². The summed E-state index contributed by atoms with van der Waals surface area (Å²) in [6.45, 7) is 0. The molecule has 4 aromatic carbocycles. The van der Waals surface area contributed by atoms with E-state index in [0.717, 1.165) is 27.8 Å². The van der Waals surface area contributed by atoms with E-state index in [1.54, 1.807) is 6.07 Å². The Balaban J connectivity index is 1.33. The van der Waals surface area contributed by atoms with Crippen LogP contribution in [0.5, 0.6) is 0 Å². The minimum Gasteiger partial charge on any atom is -0.455 e. The lowest BCUT2D eigenvalue weighted by molar-refractivity contribution is 0.631. The van der Waals surface area contributed by atoms with Gasteiger partial charge in [-0.05, 0) is 40.5 Å². The van der Waals surface area contributed by atoms with Crippen LogP contribution in [0.3, 0.4) is 0 Å². The maximum absolute atomic E-state index is 6.24. The fourth-order valence-electron chi connectivity index (χ4n) is 3.59. The molecule has 0 amide bonds. The van der Waals surface area contributed by atoms with Gasteiger partial charge < -0.3 is 4.42 Å². The number of fused-ring (bicyclic) bond motifs is 1. The van der Waals surface area contributed by atoms with Crippen molar-refractivity contribution >= 4 is 46.3 Å². The number of halogens is 2. The van der Waals surface area contributed by atoms with Gasteiger partial charge in [-0.15, -0.1) is 0 Å². The molecule has 0 aliphatic heterocycles. The van der Waals surface area contributed by atoms with E-state index in [9.17, 15) is 0 Å². The summed E-state index contributed by atoms with van der Waals surface area (Å²) in [4.78, 5) is 0. The van der Waals surface area contributed by atoms with Crippen molar-refractivity contribution in [3.05, 3.63) is 118 Å². The molecule has 0 bridgehead atoms. The molecule has 0 N–H and O–H groups in total. The van der Waals surface area contributed by atoms with Gasteiger partial charge in [0.15, 0.2) is 5.58 Å². The van der Waals surface area contributed by atoms with Crippen molar-refractivity contribution in [1.82, 2.24) is 0 Å². The Morgan fingerprint density at radius 3 is 1.81 bits per heavy atom. The molecule has 0 fully saturated rings. The molecule has 0 saturated carbocycles. The third-order valence-electron chi connectivity index (χ3n) is 5.22. The summed E-state index contributed by atoms with van der Waals surface area (Å²) in [5.74, 6) is 0.770. The molecule has 3 heteroatoms. The highest BCUT2D eigenvalue weighted by Crippen LogP contribution is 2.34. The fraction of sp³-hybridized carbons (Fsp3) is 0. The van der Waals surface area contributed by atoms with E-state index in [-0.39, 0.29) is 0 Å². The van der Waals surface area contributed by atoms with Crippen LogP contribution in [-0.4, -0.2) is 0 Å². The van der Waals surface area contributed by atoms with Gasteiger partial charge in [0.1, 0.15) is 5.76 Å². The first-order valence-corrected chi connectivity index (χ1v) is 10.7. The summed E-state index contributed by atoms with van der Waals surface area (Å²) in [7, 11) is 0. The van der Waals surface area contributed by atoms with Crippen LogP contribution in [0.1, 0.15) is 11.1 Å². The molecule has 5 aromatic rings. The van der Waals surface area contributed by atoms with Crippen molar-refractivity contribution in [2.24, 2.45) is 0 Å². The Kier molecular flexibility index (Phi) is 5.38. The predicted molar refractivity (Wildman–Crippen MR) is 132 cm³/mol. The molecular formula is C28H18Cl2O. The predicted octanol–water partition coefficient (Wildman–Crippen LogP) is 9.24. The molecule has 31 heavy (non-hydrogen) atoms. The standard InChI is InChI=1S/C28H18Cl2O/c29-25-16-24-17-27(31-28(24)26(30)18-25)23-14-10-20(11-15-23)7-6-19-8-12-22(13-9-19)21-4-2-1-3-5-21/h1-18H/b7-6+. The van der Waals surface area contributed by atoms with Crippen LogP contribution in [0.2, 0.25) is 10.0 Å². The van der Waals surface area contributed by atoms with Gasteiger partial charge in [0, 0.05) is 16.0 Å². The first-order chi connectivity index (χ1) is 15.2. The summed E-state index contributed by atoms with van der Waals surface area (Å²) in [6.07, 6.45) is 4.23. The summed E-state index contributed by atoms with van der Waals surface area (Å²) in [6, 6.07) is 32.7. The van der Waals surface area contributed by atoms with Crippen LogP contribution in [0.25, 0.3) is 45.6 Å². The molecule has 0 spiro atoms. The van der Waals surface area contributed by atoms with E-state index in [4.69, 9.17) is 27.6 Å². The molecule has 0 atom stereocenters. The minimum absolute atomic E-state index is 0.520. The van der Waals surface area contributed by atoms with Crippen LogP contribution in [-0.2, 0) is 0 Å². The fourth-order valence-corrected chi connectivity index (χ4v) is 4.13. The highest BCUT2D eigenvalue weighted by atomic mass is 35.5. The van der Waals surface area contributed by atoms with Crippen molar-refractivity contribution < 1.29 is 4.42 Å². The quantitative estimate of drug-likeness (QED) is 0.253. The summed E-state index contributed by atoms with van der Waals surface area (Å²) in [5, 5.41) is 2.02. The van der Waals surface area contributed by atoms with Crippen molar-refractivity contribution in [2.75, 3.05) is 0 Å². The normalized spacial score (nSPS) is 11.4. The average molecular weight is 441 g/mol. The Morgan fingerprint density at radius 2 is 1.16 bits per heavy atom. The Bertz CT molecular complexity index is 1360. The van der Waals surface area contributed by atoms with Gasteiger partial charge in [0.05, 0.1) is 5.02 Å². The van der Waals surface area contributed by atoms with E-state index in [0.29, 0.717) is 15.6 Å². The third kappa shape index (κ3) is 4.29. The highest BCUT2D eigenvalue weighted by Gasteiger charge is 2.10. The van der Waals surface area contributed by atoms with Gasteiger partial charge in [-0.3, -0.25) is 0 Å². The second-order valence-corrected chi connectivity index (χ2v) is 8.20. The van der Waals surface area contributed by atoms with Crippen molar-refractivity contribution in [3.63, 3.8) is 0 Å². The van der Waals surface area contributed by atoms with Gasteiger partial charge in [0.25, 0.3) is 0 Å². The Morgan fingerprint density at radius 1 is 0.581 bits per heavy atom. The van der Waals surface area contributed by atoms with Gasteiger partial charge in [-0.1, -0.05) is 114 Å². The van der Waals surface area contributed by atoms with E-state index in [2.05, 4.69) is 72.8 Å². The Hall–Kier alpha value is -3.26. The smallest absolute Gasteiger partial charge is 0.153 e. The van der Waals surface area contributed by atoms with Crippen molar-refractivity contribution in [2.45, 2.75) is 0 Å². The first kappa shape index (κ1) is 19.7. The van der Waals surface area contributed by atoms with Gasteiger partial charge in [-0.2, -0.15) is 0 Å². The molecule has 0 radical (unpaired) electrons. The van der Waals surface area contributed by atoms with E-state index >= 15 is 0 Å². The van der Waals surface area contributed by atoms with Crippen LogP contribution >= 0.6 is 23.2 Å². The van der Waals surface area contributed by atoms with E-state index in [1.165, 1.54) is 11.1 Å². The highest BCUT2D eigenvalue weighted by molar-refractivity contribution is 6.38. The molecule has 0 aliphatic rings. The van der Waals surface area contributed by atoms with Gasteiger partial charge in [-0.25, -0.2) is 0 Å². The second kappa shape index (κ2) is 8.47. The van der Waals surface area contributed by atoms with Gasteiger partial charge >= 0.3 is 0 Å². The first-order valence-electron chi connectivity index (χ1n) is 9.98. The number of rotatable bonds is 4. The lowest BCUT2D eigenvalue weighted by Crippen LogP contribution is -1.78. The molecule has 1 heterocycles. The number of furan rings is 1. The zero-order valence-corrected chi connectivity index (χ0v) is 18.1. The molecule has 1 nitrogen and oxygen atoms in total. The maximum atomic E-state index is 6.24. The van der Waals surface area contributed by atoms with Gasteiger partial charge in [0.2, 0.25) is 0 Å². The second-order valence-electron chi connectivity index (χ2n) is 7.36. The molecule has 0 saturated heterocycles. The maximum Gasteiger partial charge on any atom is 0.153 e. The topological polar surface area (TPSA) is 13.1 Å². The lowest BCUT2D eigenvalue weighted by atomic mass is 10.0. The summed E-state index contributed by atoms with van der Waals surface area (Å²) in [5.41, 5.74) is 6.37. The summed E-state index contributed by atoms with van der Waals surface area (Å²) >= 11 is 12.3. The van der Waals surface area contributed by atoms with Crippen LogP contribution < -0.4 is 0 Å². The molecule has 5 rings (SSSR count). The molecule has 0 unspecified atom stereocenters. The molecule has 1 aromatic heterocycles. The van der Waals surface area contributed by atoms with Crippen LogP contribution in [0, 0.1) is 0 Å². The van der Waals surface area contributed by atoms with Crippen molar-refractivity contribution in [1.29, 1.82) is 0 Å². The van der Waals surface area contributed by atoms with Crippen LogP contribution in [0.4, 0.5) is 0 Å². The van der Waals surface area contributed by atoms with Crippen LogP contribution in [0.15, 0.2) is 101 Å². The minimum atomic E-state index is 0.520. The molecule has 150 valence electrons. The average Bonchev–Trinajstić information content (AvgIpc) is 3.23. The number of benzene rings is 4. The summed E-state index contributed by atoms with van der Waals surface area (Å²) < 4.78 is 5.95. The number of hydrogen-bond acceptors (Lipinski definition) is 1. The largest absolute Gasteiger partial charge is 0.455 e. The zero-order chi connectivity index (χ0) is 21.2. The zero-order valence-electron chi connectivity index (χ0n) is 16.6.